The van der Waals surface area contributed by atoms with Crippen LogP contribution in [0.2, 0.25) is 0 Å². The second kappa shape index (κ2) is 9.70. The molecule has 1 aromatic carbocycles. The summed E-state index contributed by atoms with van der Waals surface area (Å²) in [6.45, 7) is 15.8. The molecule has 0 aliphatic rings. The van der Waals surface area contributed by atoms with E-state index in [1.807, 2.05) is 29.9 Å². The van der Waals surface area contributed by atoms with Gasteiger partial charge in [-0.15, -0.1) is 5.10 Å². The predicted molar refractivity (Wildman–Crippen MR) is 138 cm³/mol. The van der Waals surface area contributed by atoms with Gasteiger partial charge in [-0.25, -0.2) is 4.68 Å². The van der Waals surface area contributed by atoms with E-state index in [0.717, 1.165) is 27.9 Å². The number of hydrogen-bond acceptors (Lipinski definition) is 6. The van der Waals surface area contributed by atoms with Crippen LogP contribution in [-0.4, -0.2) is 35.1 Å². The van der Waals surface area contributed by atoms with Crippen molar-refractivity contribution in [1.82, 2.24) is 35.1 Å². The summed E-state index contributed by atoms with van der Waals surface area (Å²) < 4.78 is 1.89. The van der Waals surface area contributed by atoms with Crippen molar-refractivity contribution < 1.29 is 0 Å². The second-order valence-corrected chi connectivity index (χ2v) is 10.7. The van der Waals surface area contributed by atoms with Crippen LogP contribution in [0.5, 0.6) is 0 Å². The number of H-pyrrole nitrogens is 1. The fourth-order valence-electron chi connectivity index (χ4n) is 4.79. The van der Waals surface area contributed by atoms with Gasteiger partial charge in [0.2, 0.25) is 0 Å². The number of nitrogens with one attached hydrogen (secondary N) is 1. The monoisotopic (exact) mass is 473 g/mol. The summed E-state index contributed by atoms with van der Waals surface area (Å²) in [6, 6.07) is 10.1. The number of hydrogen-bond donors (Lipinski definition) is 1. The first kappa shape index (κ1) is 24.7. The van der Waals surface area contributed by atoms with E-state index in [-0.39, 0.29) is 23.1 Å². The third-order valence-corrected chi connectivity index (χ3v) is 6.27. The maximum Gasteiger partial charge on any atom is 0.252 e. The number of fused-ring (bicyclic) bond motifs is 1. The van der Waals surface area contributed by atoms with Gasteiger partial charge in [-0.3, -0.25) is 14.7 Å². The Hall–Kier alpha value is -3.39. The molecule has 3 aromatic heterocycles. The molecule has 0 bridgehead atoms. The van der Waals surface area contributed by atoms with Gasteiger partial charge in [0.15, 0.2) is 5.82 Å². The smallest absolute Gasteiger partial charge is 0.252 e. The van der Waals surface area contributed by atoms with Crippen LogP contribution in [-0.2, 0) is 18.6 Å². The molecule has 4 rings (SSSR count). The number of aromatic amines is 1. The standard InChI is InChI=1S/C27H35N7O/c1-17(2)24(25-30-31-32-34(25)27(5,6)7)33(15-20-9-8-10-28-14-20)16-22-13-21-12-18(3)11-19(4)23(21)29-26(22)35/h8-14,17,24H,15-16H2,1-7H3,(H,29,35)/t24-/m1/s1. The highest BCUT2D eigenvalue weighted by Gasteiger charge is 2.33. The molecular formula is C27H35N7O. The molecule has 1 atom stereocenters. The van der Waals surface area contributed by atoms with E-state index in [1.54, 1.807) is 6.20 Å². The summed E-state index contributed by atoms with van der Waals surface area (Å²) in [5, 5.41) is 13.8. The average Bonchev–Trinajstić information content (AvgIpc) is 3.25. The topological polar surface area (TPSA) is 92.6 Å². The van der Waals surface area contributed by atoms with Gasteiger partial charge in [0.05, 0.1) is 17.1 Å². The van der Waals surface area contributed by atoms with Crippen molar-refractivity contribution in [2.24, 2.45) is 5.92 Å². The van der Waals surface area contributed by atoms with Gasteiger partial charge in [0.25, 0.3) is 5.56 Å². The van der Waals surface area contributed by atoms with Crippen molar-refractivity contribution >= 4 is 10.9 Å². The Morgan fingerprint density at radius 3 is 2.54 bits per heavy atom. The van der Waals surface area contributed by atoms with Crippen LogP contribution in [0.15, 0.2) is 47.5 Å². The Balaban J connectivity index is 1.82. The van der Waals surface area contributed by atoms with Crippen molar-refractivity contribution in [1.29, 1.82) is 0 Å². The van der Waals surface area contributed by atoms with Crippen molar-refractivity contribution in [2.45, 2.75) is 73.1 Å². The second-order valence-electron chi connectivity index (χ2n) is 10.7. The lowest BCUT2D eigenvalue weighted by Crippen LogP contribution is -2.37. The Morgan fingerprint density at radius 2 is 1.89 bits per heavy atom. The van der Waals surface area contributed by atoms with Gasteiger partial charge in [0, 0.05) is 31.0 Å². The summed E-state index contributed by atoms with van der Waals surface area (Å²) in [7, 11) is 0. The number of nitrogens with zero attached hydrogens (tertiary/aromatic N) is 6. The van der Waals surface area contributed by atoms with Crippen LogP contribution in [0.25, 0.3) is 10.9 Å². The highest BCUT2D eigenvalue weighted by atomic mass is 16.1. The molecule has 0 saturated heterocycles. The molecule has 0 spiro atoms. The third-order valence-electron chi connectivity index (χ3n) is 6.27. The predicted octanol–water partition coefficient (Wildman–Crippen LogP) is 4.68. The first-order valence-electron chi connectivity index (χ1n) is 12.1. The SMILES string of the molecule is Cc1cc(C)c2[nH]c(=O)c(CN(Cc3cccnc3)[C@@H](c3nnnn3C(C)(C)C)C(C)C)cc2c1. The Labute approximate surface area is 206 Å². The van der Waals surface area contributed by atoms with Crippen LogP contribution in [0.1, 0.15) is 68.7 Å². The Kier molecular flexibility index (Phi) is 6.85. The maximum atomic E-state index is 13.2. The Bertz CT molecular complexity index is 1370. The van der Waals surface area contributed by atoms with Gasteiger partial charge in [-0.2, -0.15) is 0 Å². The van der Waals surface area contributed by atoms with Crippen LogP contribution in [0.3, 0.4) is 0 Å². The largest absolute Gasteiger partial charge is 0.321 e. The first-order chi connectivity index (χ1) is 16.5. The third kappa shape index (κ3) is 5.32. The molecule has 3 heterocycles. The van der Waals surface area contributed by atoms with E-state index in [1.165, 1.54) is 5.56 Å². The summed E-state index contributed by atoms with van der Waals surface area (Å²) in [6.07, 6.45) is 3.64. The minimum absolute atomic E-state index is 0.0708. The van der Waals surface area contributed by atoms with E-state index in [2.05, 4.69) is 90.1 Å². The molecule has 0 amide bonds. The highest BCUT2D eigenvalue weighted by Crippen LogP contribution is 2.32. The summed E-state index contributed by atoms with van der Waals surface area (Å²) in [5.74, 6) is 0.989. The Morgan fingerprint density at radius 1 is 1.11 bits per heavy atom. The van der Waals surface area contributed by atoms with Gasteiger partial charge < -0.3 is 4.98 Å². The molecule has 0 unspecified atom stereocenters. The summed E-state index contributed by atoms with van der Waals surface area (Å²) in [5.41, 5.74) is 4.56. The lowest BCUT2D eigenvalue weighted by Gasteiger charge is -2.35. The van der Waals surface area contributed by atoms with Crippen molar-refractivity contribution in [3.63, 3.8) is 0 Å². The number of benzene rings is 1. The van der Waals surface area contributed by atoms with E-state index < -0.39 is 0 Å². The zero-order valence-corrected chi connectivity index (χ0v) is 21.7. The van der Waals surface area contributed by atoms with E-state index >= 15 is 0 Å². The highest BCUT2D eigenvalue weighted by molar-refractivity contribution is 5.82. The molecule has 8 heteroatoms. The van der Waals surface area contributed by atoms with E-state index in [9.17, 15) is 4.79 Å². The number of aryl methyl sites for hydroxylation is 2. The minimum atomic E-state index is -0.276. The molecule has 184 valence electrons. The first-order valence-corrected chi connectivity index (χ1v) is 12.1. The van der Waals surface area contributed by atoms with Crippen LogP contribution >= 0.6 is 0 Å². The number of rotatable bonds is 7. The fraction of sp³-hybridized carbons (Fsp3) is 0.444. The average molecular weight is 474 g/mol. The van der Waals surface area contributed by atoms with E-state index in [4.69, 9.17) is 0 Å². The molecule has 0 aliphatic carbocycles. The minimum Gasteiger partial charge on any atom is -0.321 e. The van der Waals surface area contributed by atoms with Crippen molar-refractivity contribution in [3.8, 4) is 0 Å². The van der Waals surface area contributed by atoms with Gasteiger partial charge in [-0.05, 0) is 85.7 Å². The molecule has 4 aromatic rings. The molecule has 0 saturated carbocycles. The van der Waals surface area contributed by atoms with Crippen LogP contribution in [0.4, 0.5) is 0 Å². The molecular weight excluding hydrogens is 438 g/mol. The molecule has 0 radical (unpaired) electrons. The zero-order chi connectivity index (χ0) is 25.3. The lowest BCUT2D eigenvalue weighted by molar-refractivity contribution is 0.119. The maximum absolute atomic E-state index is 13.2. The van der Waals surface area contributed by atoms with Gasteiger partial charge in [0.1, 0.15) is 0 Å². The zero-order valence-electron chi connectivity index (χ0n) is 21.7. The van der Waals surface area contributed by atoms with Crippen molar-refractivity contribution in [3.05, 3.63) is 81.2 Å². The fourth-order valence-corrected chi connectivity index (χ4v) is 4.79. The van der Waals surface area contributed by atoms with Crippen LogP contribution < -0.4 is 5.56 Å². The number of pyridine rings is 2. The summed E-state index contributed by atoms with van der Waals surface area (Å²) >= 11 is 0. The quantitative estimate of drug-likeness (QED) is 0.419. The van der Waals surface area contributed by atoms with Crippen LogP contribution in [0, 0.1) is 19.8 Å². The molecule has 0 fully saturated rings. The molecule has 1 N–H and O–H groups in total. The van der Waals surface area contributed by atoms with Gasteiger partial charge in [-0.1, -0.05) is 31.5 Å². The van der Waals surface area contributed by atoms with E-state index in [0.29, 0.717) is 18.7 Å². The molecule has 8 nitrogen and oxygen atoms in total. The summed E-state index contributed by atoms with van der Waals surface area (Å²) in [4.78, 5) is 22.9. The molecule has 35 heavy (non-hydrogen) atoms. The molecule has 0 aliphatic heterocycles. The number of aromatic nitrogens is 6. The lowest BCUT2D eigenvalue weighted by atomic mass is 9.98. The van der Waals surface area contributed by atoms with Gasteiger partial charge >= 0.3 is 0 Å². The van der Waals surface area contributed by atoms with Crippen molar-refractivity contribution in [2.75, 3.05) is 0 Å². The number of tetrazole rings is 1. The normalized spacial score (nSPS) is 13.2.